The highest BCUT2D eigenvalue weighted by atomic mass is 16.5. The quantitative estimate of drug-likeness (QED) is 0.550. The van der Waals surface area contributed by atoms with Crippen LogP contribution in [0.5, 0.6) is 0 Å². The molecule has 1 amide bonds. The Balaban J connectivity index is 1.24. The Morgan fingerprint density at radius 2 is 1.92 bits per heavy atom. The number of likely N-dealkylation sites (tertiary alicyclic amines) is 1. The molecule has 26 heavy (non-hydrogen) atoms. The van der Waals surface area contributed by atoms with Gasteiger partial charge in [-0.05, 0) is 38.0 Å². The van der Waals surface area contributed by atoms with Crippen LogP contribution in [0.15, 0.2) is 4.52 Å². The number of amides is 1. The van der Waals surface area contributed by atoms with Gasteiger partial charge >= 0.3 is 0 Å². The monoisotopic (exact) mass is 361 g/mol. The van der Waals surface area contributed by atoms with Gasteiger partial charge in [0.25, 0.3) is 0 Å². The summed E-state index contributed by atoms with van der Waals surface area (Å²) in [6, 6.07) is 0. The van der Waals surface area contributed by atoms with Crippen LogP contribution in [0.1, 0.15) is 75.4 Å². The molecule has 1 unspecified atom stereocenters. The lowest BCUT2D eigenvalue weighted by atomic mass is 9.99. The van der Waals surface area contributed by atoms with Crippen molar-refractivity contribution in [2.45, 2.75) is 70.1 Å². The second-order valence-electron chi connectivity index (χ2n) is 8.28. The van der Waals surface area contributed by atoms with Gasteiger partial charge in [0, 0.05) is 32.0 Å². The fourth-order valence-electron chi connectivity index (χ4n) is 4.18. The van der Waals surface area contributed by atoms with E-state index in [2.05, 4.69) is 10.1 Å². The van der Waals surface area contributed by atoms with Crippen LogP contribution in [-0.2, 0) is 16.0 Å². The molecule has 0 bridgehead atoms. The lowest BCUT2D eigenvalue weighted by molar-refractivity contribution is -0.134. The molecule has 2 saturated carbocycles. The minimum atomic E-state index is 0.193. The molecular formula is C20H31N3O3. The Hall–Kier alpha value is -1.43. The molecule has 1 aromatic rings. The Morgan fingerprint density at radius 3 is 2.69 bits per heavy atom. The Bertz CT molecular complexity index is 591. The van der Waals surface area contributed by atoms with Crippen molar-refractivity contribution < 1.29 is 14.1 Å². The van der Waals surface area contributed by atoms with Crippen molar-refractivity contribution >= 4 is 5.91 Å². The van der Waals surface area contributed by atoms with Gasteiger partial charge in [0.1, 0.15) is 0 Å². The smallest absolute Gasteiger partial charge is 0.231 e. The van der Waals surface area contributed by atoms with Crippen molar-refractivity contribution in [2.75, 3.05) is 26.3 Å². The zero-order valence-electron chi connectivity index (χ0n) is 15.7. The highest BCUT2D eigenvalue weighted by Gasteiger charge is 2.34. The first-order chi connectivity index (χ1) is 12.8. The van der Waals surface area contributed by atoms with Gasteiger partial charge in [-0.2, -0.15) is 4.98 Å². The van der Waals surface area contributed by atoms with Crippen molar-refractivity contribution in [1.29, 1.82) is 0 Å². The lowest BCUT2D eigenvalue weighted by Gasteiger charge is -2.22. The van der Waals surface area contributed by atoms with Crippen LogP contribution in [0, 0.1) is 11.8 Å². The Labute approximate surface area is 155 Å². The van der Waals surface area contributed by atoms with Gasteiger partial charge in [0.2, 0.25) is 11.8 Å². The number of ether oxygens (including phenoxy) is 1. The third-order valence-electron chi connectivity index (χ3n) is 6.06. The zero-order chi connectivity index (χ0) is 17.8. The summed E-state index contributed by atoms with van der Waals surface area (Å²) < 4.78 is 11.1. The highest BCUT2D eigenvalue weighted by Crippen LogP contribution is 2.31. The summed E-state index contributed by atoms with van der Waals surface area (Å²) >= 11 is 0. The molecule has 0 spiro atoms. The zero-order valence-corrected chi connectivity index (χ0v) is 15.7. The van der Waals surface area contributed by atoms with E-state index in [1.807, 2.05) is 4.90 Å². The minimum absolute atomic E-state index is 0.193. The molecule has 4 rings (SSSR count). The molecule has 6 nitrogen and oxygen atoms in total. The number of carbonyl (C=O) groups excluding carboxylic acids is 1. The van der Waals surface area contributed by atoms with E-state index in [4.69, 9.17) is 9.26 Å². The van der Waals surface area contributed by atoms with Crippen LogP contribution >= 0.6 is 0 Å². The number of rotatable bonds is 7. The second-order valence-corrected chi connectivity index (χ2v) is 8.28. The number of carbonyl (C=O) groups is 1. The molecule has 6 heteroatoms. The van der Waals surface area contributed by atoms with E-state index in [9.17, 15) is 4.79 Å². The minimum Gasteiger partial charge on any atom is -0.381 e. The topological polar surface area (TPSA) is 68.5 Å². The molecule has 1 aromatic heterocycles. The van der Waals surface area contributed by atoms with Crippen LogP contribution in [0.25, 0.3) is 0 Å². The van der Waals surface area contributed by atoms with Crippen LogP contribution in [0.4, 0.5) is 0 Å². The normalized spacial score (nSPS) is 24.8. The van der Waals surface area contributed by atoms with E-state index in [0.717, 1.165) is 50.7 Å². The maximum atomic E-state index is 12.8. The van der Waals surface area contributed by atoms with Crippen molar-refractivity contribution in [2.24, 2.45) is 11.8 Å². The fourth-order valence-corrected chi connectivity index (χ4v) is 4.18. The fraction of sp³-hybridized carbons (Fsp3) is 0.850. The third kappa shape index (κ3) is 4.64. The van der Waals surface area contributed by atoms with Gasteiger partial charge in [-0.1, -0.05) is 30.8 Å². The molecule has 1 aliphatic heterocycles. The molecule has 3 fully saturated rings. The molecule has 2 heterocycles. The van der Waals surface area contributed by atoms with Crippen molar-refractivity contribution in [3.05, 3.63) is 11.7 Å². The summed E-state index contributed by atoms with van der Waals surface area (Å²) in [6.07, 6.45) is 11.3. The summed E-state index contributed by atoms with van der Waals surface area (Å²) in [7, 11) is 0. The number of hydrogen-bond donors (Lipinski definition) is 0. The largest absolute Gasteiger partial charge is 0.381 e. The molecule has 0 radical (unpaired) electrons. The Kier molecular flexibility index (Phi) is 5.88. The first kappa shape index (κ1) is 18.0. The first-order valence-electron chi connectivity index (χ1n) is 10.5. The van der Waals surface area contributed by atoms with E-state index >= 15 is 0 Å². The lowest BCUT2D eigenvalue weighted by Crippen LogP contribution is -2.34. The maximum absolute atomic E-state index is 12.8. The predicted molar refractivity (Wildman–Crippen MR) is 96.7 cm³/mol. The van der Waals surface area contributed by atoms with Crippen molar-refractivity contribution in [3.63, 3.8) is 0 Å². The summed E-state index contributed by atoms with van der Waals surface area (Å²) in [5, 5.41) is 4.10. The van der Waals surface area contributed by atoms with E-state index in [0.29, 0.717) is 24.8 Å². The molecule has 1 atom stereocenters. The Morgan fingerprint density at radius 1 is 1.12 bits per heavy atom. The van der Waals surface area contributed by atoms with E-state index in [1.54, 1.807) is 0 Å². The SMILES string of the molecule is O=C(C1CCCCCC1)N1CCC(c2nc(CCOCC3CC3)no2)C1. The molecule has 1 saturated heterocycles. The highest BCUT2D eigenvalue weighted by molar-refractivity contribution is 5.79. The predicted octanol–water partition coefficient (Wildman–Crippen LogP) is 3.33. The summed E-state index contributed by atoms with van der Waals surface area (Å²) in [4.78, 5) is 19.4. The van der Waals surface area contributed by atoms with Crippen molar-refractivity contribution in [3.8, 4) is 0 Å². The van der Waals surface area contributed by atoms with Crippen LogP contribution in [0.3, 0.4) is 0 Å². The van der Waals surface area contributed by atoms with Crippen LogP contribution < -0.4 is 0 Å². The van der Waals surface area contributed by atoms with E-state index < -0.39 is 0 Å². The van der Waals surface area contributed by atoms with Gasteiger partial charge in [-0.15, -0.1) is 0 Å². The summed E-state index contributed by atoms with van der Waals surface area (Å²) in [5.74, 6) is 2.98. The van der Waals surface area contributed by atoms with Crippen molar-refractivity contribution in [1.82, 2.24) is 15.0 Å². The molecule has 0 N–H and O–H groups in total. The number of hydrogen-bond acceptors (Lipinski definition) is 5. The van der Waals surface area contributed by atoms with Gasteiger partial charge in [0.05, 0.1) is 12.5 Å². The molecule has 144 valence electrons. The summed E-state index contributed by atoms with van der Waals surface area (Å²) in [6.45, 7) is 3.08. The van der Waals surface area contributed by atoms with Gasteiger partial charge in [-0.25, -0.2) is 0 Å². The van der Waals surface area contributed by atoms with E-state index in [1.165, 1.54) is 38.5 Å². The molecule has 0 aromatic carbocycles. The maximum Gasteiger partial charge on any atom is 0.231 e. The first-order valence-corrected chi connectivity index (χ1v) is 10.5. The average Bonchev–Trinajstić information content (AvgIpc) is 3.25. The van der Waals surface area contributed by atoms with Crippen LogP contribution in [-0.4, -0.2) is 47.3 Å². The molecular weight excluding hydrogens is 330 g/mol. The van der Waals surface area contributed by atoms with Gasteiger partial charge in [0.15, 0.2) is 5.82 Å². The second kappa shape index (κ2) is 8.51. The molecule has 3 aliphatic rings. The molecule has 2 aliphatic carbocycles. The van der Waals surface area contributed by atoms with E-state index in [-0.39, 0.29) is 11.8 Å². The summed E-state index contributed by atoms with van der Waals surface area (Å²) in [5.41, 5.74) is 0. The number of aromatic nitrogens is 2. The van der Waals surface area contributed by atoms with Gasteiger partial charge in [-0.3, -0.25) is 4.79 Å². The standard InChI is InChI=1S/C20H31N3O3/c24-20(16-5-3-1-2-4-6-16)23-11-9-17(13-23)19-21-18(22-26-19)10-12-25-14-15-7-8-15/h15-17H,1-14H2. The average molecular weight is 361 g/mol. The van der Waals surface area contributed by atoms with Gasteiger partial charge < -0.3 is 14.2 Å². The third-order valence-corrected chi connectivity index (χ3v) is 6.06. The van der Waals surface area contributed by atoms with Crippen LogP contribution in [0.2, 0.25) is 0 Å². The number of nitrogens with zero attached hydrogens (tertiary/aromatic N) is 3.